The third-order valence-electron chi connectivity index (χ3n) is 1.94. The number of halogens is 3. The van der Waals surface area contributed by atoms with Gasteiger partial charge in [-0.05, 0) is 18.6 Å². The van der Waals surface area contributed by atoms with Crippen molar-refractivity contribution in [2.75, 3.05) is 0 Å². The van der Waals surface area contributed by atoms with Gasteiger partial charge in [-0.1, -0.05) is 15.9 Å². The average Bonchev–Trinajstić information content (AvgIpc) is 2.16. The second-order valence-electron chi connectivity index (χ2n) is 2.90. The minimum atomic E-state index is -2.76. The number of carboxylic acids is 1. The van der Waals surface area contributed by atoms with Gasteiger partial charge in [0.2, 0.25) is 0 Å². The monoisotopic (exact) mass is 279 g/mol. The van der Waals surface area contributed by atoms with Crippen LogP contribution in [0.2, 0.25) is 0 Å². The molecule has 0 unspecified atom stereocenters. The lowest BCUT2D eigenvalue weighted by Gasteiger charge is -2.08. The number of nitrogens with zero attached hydrogens (tertiary/aromatic N) is 1. The summed E-state index contributed by atoms with van der Waals surface area (Å²) in [6, 6.07) is 0.913. The molecule has 0 fully saturated rings. The fourth-order valence-electron chi connectivity index (χ4n) is 1.19. The summed E-state index contributed by atoms with van der Waals surface area (Å²) in [7, 11) is 0. The highest BCUT2D eigenvalue weighted by Gasteiger charge is 2.18. The largest absolute Gasteiger partial charge is 0.478 e. The van der Waals surface area contributed by atoms with Gasteiger partial charge in [-0.2, -0.15) is 0 Å². The maximum Gasteiger partial charge on any atom is 0.336 e. The Morgan fingerprint density at radius 3 is 2.67 bits per heavy atom. The molecule has 3 nitrogen and oxygen atoms in total. The maximum absolute atomic E-state index is 12.4. The number of carbonyl (C=O) groups is 1. The molecule has 0 aromatic carbocycles. The van der Waals surface area contributed by atoms with Crippen LogP contribution in [0.25, 0.3) is 0 Å². The highest BCUT2D eigenvalue weighted by Crippen LogP contribution is 2.23. The molecule has 0 amide bonds. The quantitative estimate of drug-likeness (QED) is 0.866. The lowest BCUT2D eigenvalue weighted by molar-refractivity contribution is 0.0695. The lowest BCUT2D eigenvalue weighted by atomic mass is 10.1. The van der Waals surface area contributed by atoms with Crippen molar-refractivity contribution in [2.45, 2.75) is 18.7 Å². The summed E-state index contributed by atoms with van der Waals surface area (Å²) in [4.78, 5) is 14.5. The first kappa shape index (κ1) is 12.0. The number of carboxylic acid groups (broad SMARTS) is 1. The van der Waals surface area contributed by atoms with Crippen molar-refractivity contribution < 1.29 is 18.7 Å². The van der Waals surface area contributed by atoms with Gasteiger partial charge in [-0.25, -0.2) is 13.6 Å². The first-order valence-electron chi connectivity index (χ1n) is 4.05. The Bertz CT molecular complexity index is 396. The summed E-state index contributed by atoms with van der Waals surface area (Å²) in [5.41, 5.74) is 0.0956. The molecule has 0 saturated carbocycles. The van der Waals surface area contributed by atoms with Crippen molar-refractivity contribution in [3.05, 3.63) is 28.6 Å². The number of aromatic nitrogens is 1. The molecule has 82 valence electrons. The number of pyridine rings is 1. The van der Waals surface area contributed by atoms with Crippen molar-refractivity contribution in [3.63, 3.8) is 0 Å². The molecule has 0 atom stereocenters. The molecule has 0 aliphatic carbocycles. The number of aromatic carboxylic acids is 1. The van der Waals surface area contributed by atoms with Gasteiger partial charge < -0.3 is 5.11 Å². The summed E-state index contributed by atoms with van der Waals surface area (Å²) in [6.45, 7) is 1.51. The van der Waals surface area contributed by atoms with Crippen LogP contribution in [-0.2, 0) is 5.33 Å². The molecule has 1 aromatic heterocycles. The van der Waals surface area contributed by atoms with Gasteiger partial charge in [0.25, 0.3) is 6.43 Å². The summed E-state index contributed by atoms with van der Waals surface area (Å²) in [6.07, 6.45) is -2.76. The second-order valence-corrected chi connectivity index (χ2v) is 3.46. The minimum Gasteiger partial charge on any atom is -0.478 e. The van der Waals surface area contributed by atoms with Crippen LogP contribution in [0.5, 0.6) is 0 Å². The normalized spacial score (nSPS) is 10.7. The zero-order valence-corrected chi connectivity index (χ0v) is 9.38. The number of hydrogen-bond donors (Lipinski definition) is 1. The lowest BCUT2D eigenvalue weighted by Crippen LogP contribution is -2.07. The van der Waals surface area contributed by atoms with Crippen LogP contribution < -0.4 is 0 Å². The molecule has 1 heterocycles. The number of alkyl halides is 3. The molecule has 0 radical (unpaired) electrons. The van der Waals surface area contributed by atoms with Crippen LogP contribution in [0.1, 0.15) is 33.7 Å². The van der Waals surface area contributed by atoms with Gasteiger partial charge in [0.15, 0.2) is 0 Å². The minimum absolute atomic E-state index is 0.130. The van der Waals surface area contributed by atoms with Crippen molar-refractivity contribution in [1.29, 1.82) is 0 Å². The summed E-state index contributed by atoms with van der Waals surface area (Å²) in [5, 5.41) is 9.11. The van der Waals surface area contributed by atoms with E-state index in [9.17, 15) is 13.6 Å². The zero-order chi connectivity index (χ0) is 11.6. The Balaban J connectivity index is 3.38. The van der Waals surface area contributed by atoms with Gasteiger partial charge in [-0.15, -0.1) is 0 Å². The Morgan fingerprint density at radius 1 is 1.67 bits per heavy atom. The molecule has 0 bridgehead atoms. The van der Waals surface area contributed by atoms with Crippen LogP contribution in [0.4, 0.5) is 8.78 Å². The third kappa shape index (κ3) is 2.50. The predicted octanol–water partition coefficient (Wildman–Crippen LogP) is 2.92. The van der Waals surface area contributed by atoms with E-state index in [0.29, 0.717) is 11.3 Å². The van der Waals surface area contributed by atoms with E-state index in [2.05, 4.69) is 20.9 Å². The Hall–Kier alpha value is -1.04. The molecular formula is C9H8BrF2NO2. The predicted molar refractivity (Wildman–Crippen MR) is 53.5 cm³/mol. The van der Waals surface area contributed by atoms with E-state index in [-0.39, 0.29) is 10.9 Å². The van der Waals surface area contributed by atoms with E-state index in [1.165, 1.54) is 6.92 Å². The highest BCUT2D eigenvalue weighted by molar-refractivity contribution is 9.08. The van der Waals surface area contributed by atoms with Crippen LogP contribution >= 0.6 is 15.9 Å². The van der Waals surface area contributed by atoms with Crippen LogP contribution in [0.3, 0.4) is 0 Å². The molecule has 0 aliphatic rings. The molecule has 15 heavy (non-hydrogen) atoms. The van der Waals surface area contributed by atoms with E-state index >= 15 is 0 Å². The molecule has 0 aliphatic heterocycles. The third-order valence-corrected chi connectivity index (χ3v) is 2.50. The van der Waals surface area contributed by atoms with Crippen molar-refractivity contribution in [2.24, 2.45) is 0 Å². The van der Waals surface area contributed by atoms with Crippen molar-refractivity contribution >= 4 is 21.9 Å². The maximum atomic E-state index is 12.4. The number of aryl methyl sites for hydroxylation is 1. The zero-order valence-electron chi connectivity index (χ0n) is 7.80. The highest BCUT2D eigenvalue weighted by atomic mass is 79.9. The summed E-state index contributed by atoms with van der Waals surface area (Å²) < 4.78 is 24.7. The Kier molecular flexibility index (Phi) is 3.73. The van der Waals surface area contributed by atoms with Gasteiger partial charge >= 0.3 is 5.97 Å². The fourth-order valence-corrected chi connectivity index (χ4v) is 1.90. The SMILES string of the molecule is Cc1nc(C(F)F)cc(C(=O)O)c1CBr. The van der Waals surface area contributed by atoms with E-state index < -0.39 is 18.1 Å². The summed E-state index contributed by atoms with van der Waals surface area (Å²) >= 11 is 3.10. The molecule has 1 N–H and O–H groups in total. The van der Waals surface area contributed by atoms with E-state index in [1.54, 1.807) is 0 Å². The van der Waals surface area contributed by atoms with Crippen LogP contribution in [0, 0.1) is 6.92 Å². The first-order valence-corrected chi connectivity index (χ1v) is 5.17. The van der Waals surface area contributed by atoms with Crippen molar-refractivity contribution in [1.82, 2.24) is 4.98 Å². The molecular weight excluding hydrogens is 272 g/mol. The van der Waals surface area contributed by atoms with Crippen LogP contribution in [0.15, 0.2) is 6.07 Å². The first-order chi connectivity index (χ1) is 6.97. The number of hydrogen-bond acceptors (Lipinski definition) is 2. The van der Waals surface area contributed by atoms with E-state index in [0.717, 1.165) is 6.07 Å². The van der Waals surface area contributed by atoms with Crippen molar-refractivity contribution in [3.8, 4) is 0 Å². The molecule has 0 saturated heterocycles. The van der Waals surface area contributed by atoms with Gasteiger partial charge in [-0.3, -0.25) is 4.98 Å². The molecule has 1 rings (SSSR count). The van der Waals surface area contributed by atoms with Gasteiger partial charge in [0.05, 0.1) is 5.56 Å². The van der Waals surface area contributed by atoms with E-state index in [1.807, 2.05) is 0 Å². The molecule has 1 aromatic rings. The number of rotatable bonds is 3. The smallest absolute Gasteiger partial charge is 0.336 e. The second kappa shape index (κ2) is 4.65. The standard InChI is InChI=1S/C9H8BrF2NO2/c1-4-6(3-10)5(9(14)15)2-7(13-4)8(11)12/h2,8H,3H2,1H3,(H,14,15). The Labute approximate surface area is 93.3 Å². The van der Waals surface area contributed by atoms with Crippen LogP contribution in [-0.4, -0.2) is 16.1 Å². The Morgan fingerprint density at radius 2 is 2.27 bits per heavy atom. The van der Waals surface area contributed by atoms with E-state index in [4.69, 9.17) is 5.11 Å². The molecule has 6 heteroatoms. The fraction of sp³-hybridized carbons (Fsp3) is 0.333. The topological polar surface area (TPSA) is 50.2 Å². The molecule has 0 spiro atoms. The average molecular weight is 280 g/mol. The van der Waals surface area contributed by atoms with Gasteiger partial charge in [0.1, 0.15) is 5.69 Å². The van der Waals surface area contributed by atoms with Gasteiger partial charge in [0, 0.05) is 11.0 Å². The summed E-state index contributed by atoms with van der Waals surface area (Å²) in [5.74, 6) is -1.23.